The lowest BCUT2D eigenvalue weighted by molar-refractivity contribution is -0.141. The Bertz CT molecular complexity index is 1270. The van der Waals surface area contributed by atoms with Crippen LogP contribution in [0.2, 0.25) is 0 Å². The van der Waals surface area contributed by atoms with E-state index in [1.54, 1.807) is 6.20 Å². The molecule has 1 amide bonds. The Morgan fingerprint density at radius 3 is 2.23 bits per heavy atom. The van der Waals surface area contributed by atoms with Gasteiger partial charge in [0.1, 0.15) is 17.8 Å². The van der Waals surface area contributed by atoms with Gasteiger partial charge in [-0.25, -0.2) is 15.0 Å². The molecule has 0 saturated carbocycles. The minimum Gasteiger partial charge on any atom is -0.404 e. The number of benzene rings is 2. The van der Waals surface area contributed by atoms with Crippen LogP contribution in [-0.2, 0) is 11.0 Å². The number of likely N-dealkylation sites (N-methyl/N-ethyl adjacent to an activating group) is 1. The van der Waals surface area contributed by atoms with Crippen LogP contribution in [-0.4, -0.2) is 46.5 Å². The molecule has 1 atom stereocenters. The van der Waals surface area contributed by atoms with Gasteiger partial charge in [0.05, 0.1) is 5.69 Å². The van der Waals surface area contributed by atoms with Crippen LogP contribution in [0.5, 0.6) is 0 Å². The molecule has 39 heavy (non-hydrogen) atoms. The fourth-order valence-corrected chi connectivity index (χ4v) is 3.38. The number of carbonyl (C=O) groups excluding carboxylic acids is 2. The van der Waals surface area contributed by atoms with Crippen molar-refractivity contribution < 1.29 is 27.2 Å². The second-order valence-corrected chi connectivity index (χ2v) is 7.96. The lowest BCUT2D eigenvalue weighted by atomic mass is 9.88. The maximum atomic E-state index is 12.0. The van der Waals surface area contributed by atoms with Gasteiger partial charge in [-0.1, -0.05) is 53.0 Å². The van der Waals surface area contributed by atoms with Crippen LogP contribution in [0.4, 0.5) is 23.3 Å². The lowest BCUT2D eigenvalue weighted by Gasteiger charge is -2.26. The summed E-state index contributed by atoms with van der Waals surface area (Å²) in [6.07, 6.45) is -1.09. The van der Waals surface area contributed by atoms with Gasteiger partial charge in [0.2, 0.25) is 5.82 Å². The Hall–Kier alpha value is -4.61. The van der Waals surface area contributed by atoms with E-state index in [1.165, 1.54) is 0 Å². The van der Waals surface area contributed by atoms with Crippen LogP contribution in [0.15, 0.2) is 89.7 Å². The number of para-hydroxylation sites is 1. The summed E-state index contributed by atoms with van der Waals surface area (Å²) in [6, 6.07) is 20.3. The summed E-state index contributed by atoms with van der Waals surface area (Å²) in [4.78, 5) is 34.7. The summed E-state index contributed by atoms with van der Waals surface area (Å²) < 4.78 is 47.6. The van der Waals surface area contributed by atoms with Gasteiger partial charge in [-0.2, -0.15) is 18.7 Å². The standard InChI is InChI=1S/C21H25N3O.C6H3F4N3O/c1-3-24(2)21(23-18-12-8-5-9-13-18)20(16-22)19(14-15-25)17-10-6-4-7-11-17;7-6(8,9)3-1-2-11-4(12-3)5(14)13-10/h4-13,15-16,19H,3,14,22H2,1-2H3;1-2H,(H,13,14)/b20-16-,23-21?;. The molecular weight excluding hydrogens is 516 g/mol. The molecule has 206 valence electrons. The highest BCUT2D eigenvalue weighted by atomic mass is 19.4. The second kappa shape index (κ2) is 15.0. The van der Waals surface area contributed by atoms with Gasteiger partial charge in [-0.3, -0.25) is 4.79 Å². The minimum absolute atomic E-state index is 0.125. The molecule has 0 aliphatic rings. The third kappa shape index (κ3) is 9.02. The van der Waals surface area contributed by atoms with Gasteiger partial charge >= 0.3 is 12.1 Å². The zero-order chi connectivity index (χ0) is 28.8. The molecule has 3 aromatic rings. The first-order valence-corrected chi connectivity index (χ1v) is 11.7. The number of amidine groups is 1. The highest BCUT2D eigenvalue weighted by molar-refractivity contribution is 6.01. The number of halogens is 4. The number of aromatic nitrogens is 2. The summed E-state index contributed by atoms with van der Waals surface area (Å²) in [7, 11) is 1.98. The first-order valence-electron chi connectivity index (χ1n) is 11.7. The number of nitrogens with one attached hydrogen (secondary N) is 1. The number of rotatable bonds is 8. The largest absolute Gasteiger partial charge is 0.433 e. The van der Waals surface area contributed by atoms with Crippen LogP contribution in [0, 0.1) is 0 Å². The summed E-state index contributed by atoms with van der Waals surface area (Å²) in [5, 5.41) is 0. The normalized spacial score (nSPS) is 12.6. The molecule has 0 radical (unpaired) electrons. The van der Waals surface area contributed by atoms with Crippen LogP contribution in [0.1, 0.15) is 41.1 Å². The molecule has 2 aromatic carbocycles. The smallest absolute Gasteiger partial charge is 0.404 e. The molecule has 0 bridgehead atoms. The summed E-state index contributed by atoms with van der Waals surface area (Å²) in [6.45, 7) is 2.84. The quantitative estimate of drug-likeness (QED) is 0.136. The number of aldehydes is 1. The van der Waals surface area contributed by atoms with E-state index >= 15 is 0 Å². The monoisotopic (exact) mass is 544 g/mol. The number of alkyl halides is 3. The SMILES string of the molecule is CCN(C)C(=Nc1ccccc1)/C(=C\N)C(CC=O)c1ccccc1.O=C(NF)c1nccc(C(F)(F)F)n1. The van der Waals surface area contributed by atoms with Gasteiger partial charge in [-0.15, -0.1) is 0 Å². The number of aliphatic imine (C=N–C) groups is 1. The van der Waals surface area contributed by atoms with Crippen molar-refractivity contribution in [3.05, 3.63) is 102 Å². The average molecular weight is 545 g/mol. The summed E-state index contributed by atoms with van der Waals surface area (Å²) in [5.74, 6) is -1.63. The van der Waals surface area contributed by atoms with E-state index in [2.05, 4.69) is 16.9 Å². The second-order valence-electron chi connectivity index (χ2n) is 7.96. The average Bonchev–Trinajstić information content (AvgIpc) is 2.96. The Labute approximate surface area is 223 Å². The van der Waals surface area contributed by atoms with Crippen LogP contribution in [0.3, 0.4) is 0 Å². The molecule has 0 aliphatic carbocycles. The molecule has 0 spiro atoms. The Morgan fingerprint density at radius 2 is 1.72 bits per heavy atom. The molecule has 12 heteroatoms. The van der Waals surface area contributed by atoms with E-state index in [-0.39, 0.29) is 5.92 Å². The predicted octanol–water partition coefficient (Wildman–Crippen LogP) is 4.99. The molecule has 0 saturated heterocycles. The first kappa shape index (κ1) is 30.6. The van der Waals surface area contributed by atoms with Gasteiger partial charge in [0, 0.05) is 43.9 Å². The molecule has 1 heterocycles. The third-order valence-electron chi connectivity index (χ3n) is 5.41. The third-order valence-corrected chi connectivity index (χ3v) is 5.41. The van der Waals surface area contributed by atoms with Gasteiger partial charge in [0.25, 0.3) is 0 Å². The predicted molar refractivity (Wildman–Crippen MR) is 140 cm³/mol. The lowest BCUT2D eigenvalue weighted by Crippen LogP contribution is -2.31. The maximum absolute atomic E-state index is 12.0. The summed E-state index contributed by atoms with van der Waals surface area (Å²) >= 11 is 0. The van der Waals surface area contributed by atoms with Crippen molar-refractivity contribution in [2.24, 2.45) is 10.7 Å². The minimum atomic E-state index is -4.69. The molecular formula is C27H28F4N6O2. The van der Waals surface area contributed by atoms with Gasteiger partial charge in [-0.05, 0) is 30.7 Å². The van der Waals surface area contributed by atoms with E-state index in [1.807, 2.05) is 72.6 Å². The number of carbonyl (C=O) groups is 2. The Morgan fingerprint density at radius 1 is 1.10 bits per heavy atom. The molecule has 8 nitrogen and oxygen atoms in total. The highest BCUT2D eigenvalue weighted by Crippen LogP contribution is 2.30. The van der Waals surface area contributed by atoms with Crippen molar-refractivity contribution in [2.45, 2.75) is 25.4 Å². The van der Waals surface area contributed by atoms with E-state index in [4.69, 9.17) is 10.7 Å². The van der Waals surface area contributed by atoms with Crippen LogP contribution >= 0.6 is 0 Å². The van der Waals surface area contributed by atoms with Crippen molar-refractivity contribution >= 4 is 23.7 Å². The molecule has 3 N–H and O–H groups in total. The zero-order valence-corrected chi connectivity index (χ0v) is 21.3. The fraction of sp³-hybridized carbons (Fsp3) is 0.222. The highest BCUT2D eigenvalue weighted by Gasteiger charge is 2.33. The molecule has 1 unspecified atom stereocenters. The summed E-state index contributed by atoms with van der Waals surface area (Å²) in [5.41, 5.74) is 8.09. The molecule has 3 rings (SSSR count). The van der Waals surface area contributed by atoms with Crippen molar-refractivity contribution in [3.63, 3.8) is 0 Å². The Balaban J connectivity index is 0.000000322. The number of nitrogens with zero attached hydrogens (tertiary/aromatic N) is 4. The Kier molecular flexibility index (Phi) is 11.7. The first-order chi connectivity index (χ1) is 18.7. The van der Waals surface area contributed by atoms with Crippen molar-refractivity contribution in [1.29, 1.82) is 0 Å². The number of amides is 1. The van der Waals surface area contributed by atoms with E-state index in [0.717, 1.165) is 41.7 Å². The number of nitrogens with two attached hydrogens (primary N) is 1. The van der Waals surface area contributed by atoms with Crippen molar-refractivity contribution in [2.75, 3.05) is 13.6 Å². The van der Waals surface area contributed by atoms with Crippen LogP contribution < -0.4 is 11.3 Å². The van der Waals surface area contributed by atoms with Crippen molar-refractivity contribution in [3.8, 4) is 0 Å². The van der Waals surface area contributed by atoms with E-state index in [9.17, 15) is 27.2 Å². The zero-order valence-electron chi connectivity index (χ0n) is 21.3. The van der Waals surface area contributed by atoms with Gasteiger partial charge in [0.15, 0.2) is 0 Å². The molecule has 1 aromatic heterocycles. The van der Waals surface area contributed by atoms with Crippen molar-refractivity contribution in [1.82, 2.24) is 20.4 Å². The fourth-order valence-electron chi connectivity index (χ4n) is 3.38. The van der Waals surface area contributed by atoms with Gasteiger partial charge < -0.3 is 15.4 Å². The molecule has 0 aliphatic heterocycles. The molecule has 0 fully saturated rings. The van der Waals surface area contributed by atoms with E-state index < -0.39 is 23.6 Å². The topological polar surface area (TPSA) is 114 Å². The van der Waals surface area contributed by atoms with Crippen LogP contribution in [0.25, 0.3) is 0 Å². The number of hydrogen-bond acceptors (Lipinski definition) is 6. The number of hydrogen-bond donors (Lipinski definition) is 2. The van der Waals surface area contributed by atoms with E-state index in [0.29, 0.717) is 18.0 Å². The maximum Gasteiger partial charge on any atom is 0.433 e.